The number of hydrogen-bond acceptors (Lipinski definition) is 2. The fourth-order valence-corrected chi connectivity index (χ4v) is 1.62. The summed E-state index contributed by atoms with van der Waals surface area (Å²) in [5.41, 5.74) is 5.76. The summed E-state index contributed by atoms with van der Waals surface area (Å²) in [7, 11) is 0. The number of benzene rings is 1. The first-order valence-corrected chi connectivity index (χ1v) is 5.82. The maximum atomic E-state index is 13.2. The molecule has 1 aliphatic carbocycles. The summed E-state index contributed by atoms with van der Waals surface area (Å²) in [5, 5.41) is 2.70. The lowest BCUT2D eigenvalue weighted by atomic mass is 10.2. The zero-order valence-electron chi connectivity index (χ0n) is 8.59. The minimum Gasteiger partial charge on any atom is -0.350 e. The van der Waals surface area contributed by atoms with Gasteiger partial charge in [-0.05, 0) is 46.5 Å². The van der Waals surface area contributed by atoms with Gasteiger partial charge in [0.1, 0.15) is 5.82 Å². The van der Waals surface area contributed by atoms with E-state index >= 15 is 0 Å². The van der Waals surface area contributed by atoms with E-state index in [1.54, 1.807) is 12.1 Å². The van der Waals surface area contributed by atoms with Gasteiger partial charge in [0.05, 0.1) is 10.0 Å². The molecule has 2 rings (SSSR count). The van der Waals surface area contributed by atoms with E-state index < -0.39 is 5.54 Å². The van der Waals surface area contributed by atoms with E-state index in [0.717, 1.165) is 18.4 Å². The van der Waals surface area contributed by atoms with E-state index in [-0.39, 0.29) is 11.7 Å². The summed E-state index contributed by atoms with van der Waals surface area (Å²) >= 11 is 3.07. The van der Waals surface area contributed by atoms with Gasteiger partial charge in [0.15, 0.2) is 0 Å². The molecule has 1 aliphatic rings. The summed E-state index contributed by atoms with van der Waals surface area (Å²) in [4.78, 5) is 11.5. The first-order chi connectivity index (χ1) is 7.51. The maximum Gasteiger partial charge on any atom is 0.240 e. The number of halogens is 2. The number of amides is 1. The average molecular weight is 287 g/mol. The number of carbonyl (C=O) groups is 1. The molecule has 1 fully saturated rings. The van der Waals surface area contributed by atoms with Crippen LogP contribution in [0.15, 0.2) is 22.7 Å². The lowest BCUT2D eigenvalue weighted by Crippen LogP contribution is -2.42. The molecule has 0 radical (unpaired) electrons. The topological polar surface area (TPSA) is 55.1 Å². The van der Waals surface area contributed by atoms with Crippen molar-refractivity contribution in [1.29, 1.82) is 0 Å². The Kier molecular flexibility index (Phi) is 2.99. The summed E-state index contributed by atoms with van der Waals surface area (Å²) in [5.74, 6) is -0.489. The molecular formula is C11H12BrFN2O. The summed E-state index contributed by atoms with van der Waals surface area (Å²) < 4.78 is 13.6. The van der Waals surface area contributed by atoms with Gasteiger partial charge in [-0.1, -0.05) is 6.07 Å². The van der Waals surface area contributed by atoms with Gasteiger partial charge in [-0.25, -0.2) is 4.39 Å². The van der Waals surface area contributed by atoms with Crippen molar-refractivity contribution < 1.29 is 9.18 Å². The molecule has 0 spiro atoms. The van der Waals surface area contributed by atoms with Crippen molar-refractivity contribution in [1.82, 2.24) is 5.32 Å². The molecule has 16 heavy (non-hydrogen) atoms. The molecule has 3 N–H and O–H groups in total. The van der Waals surface area contributed by atoms with Gasteiger partial charge in [-0.15, -0.1) is 0 Å². The van der Waals surface area contributed by atoms with E-state index in [2.05, 4.69) is 21.2 Å². The van der Waals surface area contributed by atoms with Crippen LogP contribution in [0.3, 0.4) is 0 Å². The standard InChI is InChI=1S/C11H12BrFN2O/c12-8-2-1-7(5-9(8)13)6-15-10(16)11(14)3-4-11/h1-2,5H,3-4,6,14H2,(H,15,16). The molecule has 0 bridgehead atoms. The van der Waals surface area contributed by atoms with E-state index in [1.165, 1.54) is 6.07 Å². The van der Waals surface area contributed by atoms with E-state index in [1.807, 2.05) is 0 Å². The monoisotopic (exact) mass is 286 g/mol. The molecule has 0 aliphatic heterocycles. The Bertz CT molecular complexity index is 432. The highest BCUT2D eigenvalue weighted by Crippen LogP contribution is 2.32. The normalized spacial score (nSPS) is 16.9. The summed E-state index contributed by atoms with van der Waals surface area (Å²) in [6.45, 7) is 0.308. The smallest absolute Gasteiger partial charge is 0.240 e. The van der Waals surface area contributed by atoms with Gasteiger partial charge in [-0.2, -0.15) is 0 Å². The number of hydrogen-bond donors (Lipinski definition) is 2. The van der Waals surface area contributed by atoms with Crippen molar-refractivity contribution in [3.63, 3.8) is 0 Å². The molecule has 1 aromatic rings. The predicted molar refractivity (Wildman–Crippen MR) is 62.1 cm³/mol. The van der Waals surface area contributed by atoms with Crippen LogP contribution in [-0.2, 0) is 11.3 Å². The average Bonchev–Trinajstić information content (AvgIpc) is 2.99. The van der Waals surface area contributed by atoms with Crippen molar-refractivity contribution in [2.75, 3.05) is 0 Å². The molecule has 0 atom stereocenters. The van der Waals surface area contributed by atoms with Gasteiger partial charge in [-0.3, -0.25) is 4.79 Å². The highest BCUT2D eigenvalue weighted by atomic mass is 79.9. The van der Waals surface area contributed by atoms with Crippen molar-refractivity contribution >= 4 is 21.8 Å². The van der Waals surface area contributed by atoms with Crippen molar-refractivity contribution in [2.24, 2.45) is 5.73 Å². The Morgan fingerprint density at radius 1 is 1.56 bits per heavy atom. The van der Waals surface area contributed by atoms with Gasteiger partial charge >= 0.3 is 0 Å². The third-order valence-electron chi connectivity index (χ3n) is 2.68. The Morgan fingerprint density at radius 3 is 2.81 bits per heavy atom. The second-order valence-corrected chi connectivity index (χ2v) is 4.94. The van der Waals surface area contributed by atoms with E-state index in [4.69, 9.17) is 5.73 Å². The van der Waals surface area contributed by atoms with Crippen LogP contribution >= 0.6 is 15.9 Å². The highest BCUT2D eigenvalue weighted by Gasteiger charge is 2.45. The lowest BCUT2D eigenvalue weighted by molar-refractivity contribution is -0.123. The van der Waals surface area contributed by atoms with Crippen LogP contribution in [0.25, 0.3) is 0 Å². The Morgan fingerprint density at radius 2 is 2.25 bits per heavy atom. The maximum absolute atomic E-state index is 13.2. The largest absolute Gasteiger partial charge is 0.350 e. The van der Waals surface area contributed by atoms with Crippen LogP contribution < -0.4 is 11.1 Å². The Balaban J connectivity index is 1.94. The van der Waals surface area contributed by atoms with Gasteiger partial charge < -0.3 is 11.1 Å². The zero-order chi connectivity index (χ0) is 11.8. The Hall–Kier alpha value is -0.940. The SMILES string of the molecule is NC1(C(=O)NCc2ccc(Br)c(F)c2)CC1. The molecule has 0 heterocycles. The van der Waals surface area contributed by atoms with Crippen LogP contribution in [0, 0.1) is 5.82 Å². The Labute approximate surface area is 101 Å². The molecule has 0 unspecified atom stereocenters. The quantitative estimate of drug-likeness (QED) is 0.889. The van der Waals surface area contributed by atoms with Gasteiger partial charge in [0.2, 0.25) is 5.91 Å². The number of rotatable bonds is 3. The van der Waals surface area contributed by atoms with Crippen LogP contribution in [0.4, 0.5) is 4.39 Å². The minimum absolute atomic E-state index is 0.157. The molecule has 86 valence electrons. The molecule has 1 amide bonds. The number of nitrogens with one attached hydrogen (secondary N) is 1. The fourth-order valence-electron chi connectivity index (χ4n) is 1.37. The third-order valence-corrected chi connectivity index (χ3v) is 3.32. The lowest BCUT2D eigenvalue weighted by Gasteiger charge is -2.10. The highest BCUT2D eigenvalue weighted by molar-refractivity contribution is 9.10. The first-order valence-electron chi connectivity index (χ1n) is 5.02. The molecule has 0 saturated heterocycles. The van der Waals surface area contributed by atoms with E-state index in [0.29, 0.717) is 11.0 Å². The van der Waals surface area contributed by atoms with Crippen molar-refractivity contribution in [2.45, 2.75) is 24.9 Å². The van der Waals surface area contributed by atoms with Crippen LogP contribution in [-0.4, -0.2) is 11.4 Å². The molecule has 3 nitrogen and oxygen atoms in total. The predicted octanol–water partition coefficient (Wildman–Crippen LogP) is 1.70. The molecule has 0 aromatic heterocycles. The van der Waals surface area contributed by atoms with Gasteiger partial charge in [0.25, 0.3) is 0 Å². The molecule has 1 saturated carbocycles. The first kappa shape index (κ1) is 11.5. The zero-order valence-corrected chi connectivity index (χ0v) is 10.2. The second kappa shape index (κ2) is 4.14. The van der Waals surface area contributed by atoms with Crippen LogP contribution in [0.1, 0.15) is 18.4 Å². The molecule has 5 heteroatoms. The van der Waals surface area contributed by atoms with E-state index in [9.17, 15) is 9.18 Å². The summed E-state index contributed by atoms with van der Waals surface area (Å²) in [6, 6.07) is 4.76. The van der Waals surface area contributed by atoms with Crippen molar-refractivity contribution in [3.8, 4) is 0 Å². The summed E-state index contributed by atoms with van der Waals surface area (Å²) in [6.07, 6.45) is 1.46. The van der Waals surface area contributed by atoms with Crippen LogP contribution in [0.2, 0.25) is 0 Å². The molecular weight excluding hydrogens is 275 g/mol. The van der Waals surface area contributed by atoms with Crippen LogP contribution in [0.5, 0.6) is 0 Å². The van der Waals surface area contributed by atoms with Crippen molar-refractivity contribution in [3.05, 3.63) is 34.1 Å². The van der Waals surface area contributed by atoms with Gasteiger partial charge in [0, 0.05) is 6.54 Å². The second-order valence-electron chi connectivity index (χ2n) is 4.09. The fraction of sp³-hybridized carbons (Fsp3) is 0.364. The molecule has 1 aromatic carbocycles. The third kappa shape index (κ3) is 2.41. The number of nitrogens with two attached hydrogens (primary N) is 1. The minimum atomic E-state index is -0.673. The number of carbonyl (C=O) groups excluding carboxylic acids is 1.